The van der Waals surface area contributed by atoms with Crippen molar-refractivity contribution in [3.8, 4) is 0 Å². The fourth-order valence-corrected chi connectivity index (χ4v) is 5.44. The lowest BCUT2D eigenvalue weighted by atomic mass is 9.74. The second-order valence-electron chi connectivity index (χ2n) is 9.56. The van der Waals surface area contributed by atoms with Crippen molar-refractivity contribution in [1.29, 1.82) is 0 Å². The molecule has 2 aliphatic heterocycles. The SMILES string of the molecule is CC(C)(C)OC(=O)[C@]12O[C@](C)(CCC1=O)[C@H]1C(=C3CCCCC3)C=C[C@H]12. The van der Waals surface area contributed by atoms with Crippen LogP contribution in [0.2, 0.25) is 0 Å². The first-order valence-electron chi connectivity index (χ1n) is 10.0. The molecule has 0 spiro atoms. The van der Waals surface area contributed by atoms with Gasteiger partial charge in [0.15, 0.2) is 5.78 Å². The summed E-state index contributed by atoms with van der Waals surface area (Å²) in [5, 5.41) is 0. The molecule has 0 radical (unpaired) electrons. The number of carbonyl (C=O) groups excluding carboxylic acids is 2. The van der Waals surface area contributed by atoms with Crippen LogP contribution in [0.5, 0.6) is 0 Å². The van der Waals surface area contributed by atoms with E-state index in [-0.39, 0.29) is 17.6 Å². The Labute approximate surface area is 156 Å². The molecule has 26 heavy (non-hydrogen) atoms. The molecule has 4 nitrogen and oxygen atoms in total. The third-order valence-electron chi connectivity index (χ3n) is 6.53. The van der Waals surface area contributed by atoms with E-state index in [2.05, 4.69) is 19.1 Å². The smallest absolute Gasteiger partial charge is 0.347 e. The first-order chi connectivity index (χ1) is 12.2. The van der Waals surface area contributed by atoms with E-state index >= 15 is 0 Å². The summed E-state index contributed by atoms with van der Waals surface area (Å²) in [4.78, 5) is 26.1. The Bertz CT molecular complexity index is 702. The molecule has 4 atom stereocenters. The van der Waals surface area contributed by atoms with Crippen LogP contribution in [0.3, 0.4) is 0 Å². The maximum absolute atomic E-state index is 13.2. The van der Waals surface area contributed by atoms with Crippen LogP contribution < -0.4 is 0 Å². The molecule has 4 rings (SSSR count). The quantitative estimate of drug-likeness (QED) is 0.518. The Balaban J connectivity index is 1.77. The number of allylic oxidation sites excluding steroid dienone is 2. The number of hydrogen-bond donors (Lipinski definition) is 0. The summed E-state index contributed by atoms with van der Waals surface area (Å²) < 4.78 is 12.0. The molecule has 4 heteroatoms. The summed E-state index contributed by atoms with van der Waals surface area (Å²) >= 11 is 0. The number of rotatable bonds is 1. The van der Waals surface area contributed by atoms with Gasteiger partial charge in [-0.2, -0.15) is 0 Å². The molecule has 4 aliphatic rings. The van der Waals surface area contributed by atoms with Crippen LogP contribution in [0, 0.1) is 11.8 Å². The lowest BCUT2D eigenvalue weighted by molar-refractivity contribution is -0.201. The maximum atomic E-state index is 13.2. The number of ketones is 1. The monoisotopic (exact) mass is 358 g/mol. The molecular weight excluding hydrogens is 328 g/mol. The normalized spacial score (nSPS) is 39.3. The molecule has 0 amide bonds. The Kier molecular flexibility index (Phi) is 4.00. The van der Waals surface area contributed by atoms with Crippen molar-refractivity contribution in [3.63, 3.8) is 0 Å². The summed E-state index contributed by atoms with van der Waals surface area (Å²) in [6.07, 6.45) is 11.3. The molecule has 0 aromatic heterocycles. The second kappa shape index (κ2) is 5.79. The van der Waals surface area contributed by atoms with Crippen LogP contribution in [0.25, 0.3) is 0 Å². The zero-order valence-corrected chi connectivity index (χ0v) is 16.4. The van der Waals surface area contributed by atoms with E-state index in [1.54, 1.807) is 0 Å². The van der Waals surface area contributed by atoms with Gasteiger partial charge in [0.05, 0.1) is 5.60 Å². The van der Waals surface area contributed by atoms with Crippen molar-refractivity contribution in [2.24, 2.45) is 11.8 Å². The molecule has 2 saturated heterocycles. The van der Waals surface area contributed by atoms with Crippen molar-refractivity contribution in [2.75, 3.05) is 0 Å². The Morgan fingerprint density at radius 2 is 1.88 bits per heavy atom. The minimum atomic E-state index is -1.46. The summed E-state index contributed by atoms with van der Waals surface area (Å²) in [6.45, 7) is 7.58. The van der Waals surface area contributed by atoms with Gasteiger partial charge in [-0.05, 0) is 65.4 Å². The van der Waals surface area contributed by atoms with E-state index in [0.717, 1.165) is 12.8 Å². The predicted molar refractivity (Wildman–Crippen MR) is 98.5 cm³/mol. The summed E-state index contributed by atoms with van der Waals surface area (Å²) in [6, 6.07) is 0. The van der Waals surface area contributed by atoms with Gasteiger partial charge in [0.2, 0.25) is 5.60 Å². The number of hydrogen-bond acceptors (Lipinski definition) is 4. The van der Waals surface area contributed by atoms with Gasteiger partial charge in [0.1, 0.15) is 5.60 Å². The number of Topliss-reactive ketones (excluding diaryl/α,β-unsaturated/α-hetero) is 1. The Morgan fingerprint density at radius 3 is 2.54 bits per heavy atom. The van der Waals surface area contributed by atoms with E-state index in [9.17, 15) is 9.59 Å². The van der Waals surface area contributed by atoms with Crippen LogP contribution in [0.1, 0.15) is 72.6 Å². The minimum absolute atomic E-state index is 0.0922. The highest BCUT2D eigenvalue weighted by Gasteiger charge is 2.71. The molecule has 2 heterocycles. The van der Waals surface area contributed by atoms with Crippen LogP contribution in [0.15, 0.2) is 23.3 Å². The van der Waals surface area contributed by atoms with Gasteiger partial charge in [-0.3, -0.25) is 4.79 Å². The molecular formula is C22H30O4. The van der Waals surface area contributed by atoms with E-state index in [4.69, 9.17) is 9.47 Å². The Hall–Kier alpha value is -1.42. The highest BCUT2D eigenvalue weighted by molar-refractivity contribution is 6.09. The topological polar surface area (TPSA) is 52.6 Å². The lowest BCUT2D eigenvalue weighted by Crippen LogP contribution is -2.56. The lowest BCUT2D eigenvalue weighted by Gasteiger charge is -2.38. The fraction of sp³-hybridized carbons (Fsp3) is 0.727. The largest absolute Gasteiger partial charge is 0.457 e. The van der Waals surface area contributed by atoms with Gasteiger partial charge in [0.25, 0.3) is 0 Å². The van der Waals surface area contributed by atoms with Crippen molar-refractivity contribution >= 4 is 11.8 Å². The Morgan fingerprint density at radius 1 is 1.19 bits per heavy atom. The molecule has 142 valence electrons. The number of carbonyl (C=O) groups is 2. The molecule has 0 unspecified atom stereocenters. The molecule has 3 fully saturated rings. The average Bonchev–Trinajstić information content (AvgIpc) is 3.10. The maximum Gasteiger partial charge on any atom is 0.347 e. The van der Waals surface area contributed by atoms with Crippen LogP contribution in [-0.4, -0.2) is 28.6 Å². The van der Waals surface area contributed by atoms with Crippen molar-refractivity contribution < 1.29 is 19.1 Å². The van der Waals surface area contributed by atoms with Gasteiger partial charge in [-0.25, -0.2) is 4.79 Å². The molecule has 2 bridgehead atoms. The van der Waals surface area contributed by atoms with Crippen molar-refractivity contribution in [1.82, 2.24) is 0 Å². The highest BCUT2D eigenvalue weighted by atomic mass is 16.6. The van der Waals surface area contributed by atoms with E-state index in [1.165, 1.54) is 30.4 Å². The van der Waals surface area contributed by atoms with Gasteiger partial charge in [0, 0.05) is 18.3 Å². The molecule has 0 aromatic rings. The van der Waals surface area contributed by atoms with E-state index in [0.29, 0.717) is 12.8 Å². The average molecular weight is 358 g/mol. The molecule has 2 aliphatic carbocycles. The second-order valence-corrected chi connectivity index (χ2v) is 9.56. The highest BCUT2D eigenvalue weighted by Crippen LogP contribution is 2.60. The molecule has 0 N–H and O–H groups in total. The van der Waals surface area contributed by atoms with Gasteiger partial charge in [-0.1, -0.05) is 24.1 Å². The summed E-state index contributed by atoms with van der Waals surface area (Å²) in [5.74, 6) is -0.763. The van der Waals surface area contributed by atoms with Gasteiger partial charge >= 0.3 is 5.97 Å². The number of ether oxygens (including phenoxy) is 2. The third-order valence-corrected chi connectivity index (χ3v) is 6.53. The third kappa shape index (κ3) is 2.52. The van der Waals surface area contributed by atoms with Crippen LogP contribution in [0.4, 0.5) is 0 Å². The zero-order chi connectivity index (χ0) is 18.7. The van der Waals surface area contributed by atoms with Crippen LogP contribution >= 0.6 is 0 Å². The fourth-order valence-electron chi connectivity index (χ4n) is 5.44. The predicted octanol–water partition coefficient (Wildman–Crippen LogP) is 4.28. The van der Waals surface area contributed by atoms with Gasteiger partial charge < -0.3 is 9.47 Å². The molecule has 0 aromatic carbocycles. The first-order valence-corrected chi connectivity index (χ1v) is 10.0. The van der Waals surface area contributed by atoms with Crippen LogP contribution in [-0.2, 0) is 19.1 Å². The van der Waals surface area contributed by atoms with Crippen molar-refractivity contribution in [3.05, 3.63) is 23.3 Å². The van der Waals surface area contributed by atoms with E-state index < -0.39 is 22.8 Å². The van der Waals surface area contributed by atoms with Crippen molar-refractivity contribution in [2.45, 2.75) is 89.4 Å². The summed E-state index contributed by atoms with van der Waals surface area (Å²) in [7, 11) is 0. The zero-order valence-electron chi connectivity index (χ0n) is 16.4. The minimum Gasteiger partial charge on any atom is -0.457 e. The molecule has 1 saturated carbocycles. The standard InChI is InChI=1S/C22H30O4/c1-20(2,3)25-19(24)22-16-11-10-15(14-8-6-5-7-9-14)18(16)21(4,26-22)13-12-17(22)23/h10-11,16,18H,5-9,12-13H2,1-4H3/t16-,18+,21-,22-/m1/s1. The summed E-state index contributed by atoms with van der Waals surface area (Å²) in [5.41, 5.74) is 0.257. The van der Waals surface area contributed by atoms with Gasteiger partial charge in [-0.15, -0.1) is 0 Å². The number of esters is 1. The van der Waals surface area contributed by atoms with E-state index in [1.807, 2.05) is 20.8 Å². The number of fused-ring (bicyclic) bond motifs is 5. The first kappa shape index (κ1) is 18.0.